The first-order chi connectivity index (χ1) is 17.9. The highest BCUT2D eigenvalue weighted by Gasteiger charge is 2.31. The fourth-order valence-corrected chi connectivity index (χ4v) is 5.77. The minimum Gasteiger partial charge on any atom is -0.495 e. The van der Waals surface area contributed by atoms with E-state index in [1.54, 1.807) is 7.11 Å². The summed E-state index contributed by atoms with van der Waals surface area (Å²) in [4.78, 5) is 29.8. The molecule has 8 heteroatoms. The molecule has 0 aliphatic carbocycles. The topological polar surface area (TPSA) is 75.0 Å². The first-order valence-electron chi connectivity index (χ1n) is 13.0. The molecule has 1 amide bonds. The number of hydrogen-bond donors (Lipinski definition) is 1. The third kappa shape index (κ3) is 4.78. The average Bonchev–Trinajstić information content (AvgIpc) is 3.33. The van der Waals surface area contributed by atoms with Gasteiger partial charge in [-0.05, 0) is 57.2 Å². The van der Waals surface area contributed by atoms with Crippen molar-refractivity contribution < 1.29 is 9.53 Å². The number of rotatable bonds is 6. The van der Waals surface area contributed by atoms with E-state index in [9.17, 15) is 4.79 Å². The first-order valence-corrected chi connectivity index (χ1v) is 13.0. The largest absolute Gasteiger partial charge is 0.495 e. The number of aromatic nitrogens is 2. The van der Waals surface area contributed by atoms with E-state index in [2.05, 4.69) is 39.0 Å². The fourth-order valence-electron chi connectivity index (χ4n) is 5.77. The molecule has 2 aliphatic heterocycles. The molecule has 3 aromatic rings. The number of anilines is 2. The Morgan fingerprint density at radius 1 is 1.16 bits per heavy atom. The number of likely N-dealkylation sites (tertiary alicyclic amines) is 1. The monoisotopic (exact) mass is 498 g/mol. The highest BCUT2D eigenvalue weighted by atomic mass is 16.5. The van der Waals surface area contributed by atoms with Crippen molar-refractivity contribution in [3.63, 3.8) is 0 Å². The van der Waals surface area contributed by atoms with Gasteiger partial charge in [-0.3, -0.25) is 4.79 Å². The third-order valence-electron chi connectivity index (χ3n) is 7.75. The van der Waals surface area contributed by atoms with Crippen LogP contribution in [0.15, 0.2) is 30.3 Å². The lowest BCUT2D eigenvalue weighted by Gasteiger charge is -2.38. The number of amides is 1. The second-order valence-corrected chi connectivity index (χ2v) is 10.0. The summed E-state index contributed by atoms with van der Waals surface area (Å²) >= 11 is 0. The molecule has 2 aliphatic rings. The molecule has 2 saturated heterocycles. The van der Waals surface area contributed by atoms with E-state index in [1.807, 2.05) is 32.0 Å². The van der Waals surface area contributed by atoms with Crippen LogP contribution in [0, 0.1) is 20.4 Å². The van der Waals surface area contributed by atoms with Crippen molar-refractivity contribution in [2.45, 2.75) is 58.5 Å². The van der Waals surface area contributed by atoms with Crippen LogP contribution < -0.4 is 15.0 Å². The summed E-state index contributed by atoms with van der Waals surface area (Å²) in [6.07, 6.45) is 3.58. The van der Waals surface area contributed by atoms with E-state index < -0.39 is 0 Å². The molecule has 2 aromatic carbocycles. The number of hydrogen-bond acceptors (Lipinski definition) is 6. The molecule has 1 N–H and O–H groups in total. The van der Waals surface area contributed by atoms with Crippen molar-refractivity contribution in [2.75, 3.05) is 37.0 Å². The lowest BCUT2D eigenvalue weighted by molar-refractivity contribution is -0.130. The van der Waals surface area contributed by atoms with Crippen LogP contribution >= 0.6 is 0 Å². The third-order valence-corrected chi connectivity index (χ3v) is 7.75. The van der Waals surface area contributed by atoms with E-state index in [0.717, 1.165) is 78.2 Å². The number of benzene rings is 2. The second-order valence-electron chi connectivity index (χ2n) is 10.0. The van der Waals surface area contributed by atoms with Gasteiger partial charge in [0.05, 0.1) is 24.9 Å². The molecule has 1 atom stereocenters. The van der Waals surface area contributed by atoms with E-state index in [-0.39, 0.29) is 6.04 Å². The number of aryl methyl sites for hydroxylation is 1. The molecule has 0 radical (unpaired) electrons. The van der Waals surface area contributed by atoms with E-state index in [1.165, 1.54) is 0 Å². The molecule has 3 heterocycles. The Kier molecular flexibility index (Phi) is 6.88. The van der Waals surface area contributed by atoms with Crippen LogP contribution in [0.5, 0.6) is 5.75 Å². The minimum atomic E-state index is -0.0431. The molecule has 1 aromatic heterocycles. The maximum Gasteiger partial charge on any atom is 0.222 e. The summed E-state index contributed by atoms with van der Waals surface area (Å²) in [7, 11) is 1.70. The maximum absolute atomic E-state index is 12.2. The van der Waals surface area contributed by atoms with Gasteiger partial charge in [0.1, 0.15) is 17.4 Å². The molecule has 0 spiro atoms. The van der Waals surface area contributed by atoms with Gasteiger partial charge < -0.3 is 19.9 Å². The van der Waals surface area contributed by atoms with Crippen molar-refractivity contribution in [1.82, 2.24) is 14.9 Å². The molecule has 5 rings (SSSR count). The predicted molar refractivity (Wildman–Crippen MR) is 146 cm³/mol. The van der Waals surface area contributed by atoms with E-state index in [0.29, 0.717) is 29.9 Å². The van der Waals surface area contributed by atoms with Gasteiger partial charge in [-0.2, -0.15) is 0 Å². The van der Waals surface area contributed by atoms with Crippen LogP contribution in [0.25, 0.3) is 15.7 Å². The average molecular weight is 499 g/mol. The quantitative estimate of drug-likeness (QED) is 0.448. The van der Waals surface area contributed by atoms with Crippen LogP contribution in [-0.4, -0.2) is 53.6 Å². The summed E-state index contributed by atoms with van der Waals surface area (Å²) in [6, 6.07) is 10.3. The lowest BCUT2D eigenvalue weighted by atomic mass is 10.0. The summed E-state index contributed by atoms with van der Waals surface area (Å²) in [5.41, 5.74) is 4.57. The molecule has 0 bridgehead atoms. The molecule has 8 nitrogen and oxygen atoms in total. The number of nitrogens with zero attached hydrogens (tertiary/aromatic N) is 5. The van der Waals surface area contributed by atoms with Crippen LogP contribution in [0.1, 0.15) is 55.6 Å². The van der Waals surface area contributed by atoms with Crippen molar-refractivity contribution in [3.05, 3.63) is 58.7 Å². The Labute approximate surface area is 218 Å². The van der Waals surface area contributed by atoms with Gasteiger partial charge in [0.2, 0.25) is 5.91 Å². The fraction of sp³-hybridized carbons (Fsp3) is 0.448. The number of carbonyl (C=O) groups excluding carboxylic acids is 1. The molecule has 0 unspecified atom stereocenters. The van der Waals surface area contributed by atoms with Crippen molar-refractivity contribution in [3.8, 4) is 5.75 Å². The number of nitrogens with one attached hydrogen (secondary N) is 1. The standard InChI is InChI=1S/C29H34N6O2/c1-18-22(8-6-9-24(18)30-4)19(2)31-29-23-16-26(27(37-5)17-25(23)32-20(3)33-29)34-14-11-21(12-15-34)35-13-7-10-28(35)36/h6,8-9,16-17,19,21H,7,10-15H2,1-3,5H3,(H,31,32,33)/t19-/m1/s1. The number of methoxy groups -OCH3 is 1. The molecular weight excluding hydrogens is 464 g/mol. The number of fused-ring (bicyclic) bond motifs is 1. The highest BCUT2D eigenvalue weighted by Crippen LogP contribution is 2.38. The van der Waals surface area contributed by atoms with E-state index in [4.69, 9.17) is 21.3 Å². The summed E-state index contributed by atoms with van der Waals surface area (Å²) in [6.45, 7) is 16.1. The Bertz CT molecular complexity index is 1370. The smallest absolute Gasteiger partial charge is 0.222 e. The zero-order chi connectivity index (χ0) is 26.1. The van der Waals surface area contributed by atoms with E-state index >= 15 is 0 Å². The molecule has 2 fully saturated rings. The molecule has 192 valence electrons. The van der Waals surface area contributed by atoms with Crippen LogP contribution in [0.4, 0.5) is 17.2 Å². The number of ether oxygens (including phenoxy) is 1. The first kappa shape index (κ1) is 24.8. The van der Waals surface area contributed by atoms with Crippen molar-refractivity contribution in [2.24, 2.45) is 0 Å². The van der Waals surface area contributed by atoms with Crippen LogP contribution in [-0.2, 0) is 4.79 Å². The van der Waals surface area contributed by atoms with Gasteiger partial charge in [0.25, 0.3) is 0 Å². The number of carbonyl (C=O) groups is 1. The zero-order valence-corrected chi connectivity index (χ0v) is 22.0. The Balaban J connectivity index is 1.45. The van der Waals surface area contributed by atoms with Crippen LogP contribution in [0.3, 0.4) is 0 Å². The zero-order valence-electron chi connectivity index (χ0n) is 22.0. The van der Waals surface area contributed by atoms with Crippen LogP contribution in [0.2, 0.25) is 0 Å². The Morgan fingerprint density at radius 2 is 1.95 bits per heavy atom. The Hall–Kier alpha value is -3.86. The van der Waals surface area contributed by atoms with Gasteiger partial charge in [0.15, 0.2) is 5.69 Å². The SMILES string of the molecule is [C-]#[N+]c1cccc([C@@H](C)Nc2nc(C)nc3cc(OC)c(N4CCC(N5CCCC5=O)CC4)cc23)c1C. The molecule has 37 heavy (non-hydrogen) atoms. The van der Waals surface area contributed by atoms with Crippen molar-refractivity contribution in [1.29, 1.82) is 0 Å². The van der Waals surface area contributed by atoms with Gasteiger partial charge in [0, 0.05) is 49.6 Å². The molecular formula is C29H34N6O2. The van der Waals surface area contributed by atoms with Gasteiger partial charge in [-0.25, -0.2) is 14.8 Å². The normalized spacial score (nSPS) is 17.2. The highest BCUT2D eigenvalue weighted by molar-refractivity contribution is 5.94. The Morgan fingerprint density at radius 3 is 2.62 bits per heavy atom. The second kappa shape index (κ2) is 10.3. The predicted octanol–water partition coefficient (Wildman–Crippen LogP) is 5.57. The summed E-state index contributed by atoms with van der Waals surface area (Å²) in [5, 5.41) is 4.53. The number of piperidine rings is 1. The lowest BCUT2D eigenvalue weighted by Crippen LogP contribution is -2.45. The van der Waals surface area contributed by atoms with Gasteiger partial charge in [-0.15, -0.1) is 0 Å². The van der Waals surface area contributed by atoms with Gasteiger partial charge in [-0.1, -0.05) is 18.2 Å². The summed E-state index contributed by atoms with van der Waals surface area (Å²) < 4.78 is 5.81. The van der Waals surface area contributed by atoms with Crippen molar-refractivity contribution >= 4 is 34.0 Å². The summed E-state index contributed by atoms with van der Waals surface area (Å²) in [5.74, 6) is 2.54. The molecule has 0 saturated carbocycles. The minimum absolute atomic E-state index is 0.0431. The van der Waals surface area contributed by atoms with Gasteiger partial charge >= 0.3 is 0 Å². The maximum atomic E-state index is 12.2.